The first kappa shape index (κ1) is 16.7. The maximum atomic E-state index is 12.0. The first-order valence-electron chi connectivity index (χ1n) is 6.66. The Bertz CT molecular complexity index is 749. The average Bonchev–Trinajstić information content (AvgIpc) is 3.11. The largest absolute Gasteiger partial charge is 0.477 e. The second-order valence-electron chi connectivity index (χ2n) is 4.63. The Morgan fingerprint density at radius 3 is 2.83 bits per heavy atom. The molecule has 0 fully saturated rings. The molecule has 0 aliphatic heterocycles. The van der Waals surface area contributed by atoms with Crippen LogP contribution in [0.2, 0.25) is 0 Å². The Hall–Kier alpha value is -2.68. The second kappa shape index (κ2) is 7.05. The van der Waals surface area contributed by atoms with E-state index in [9.17, 15) is 14.4 Å². The Morgan fingerprint density at radius 2 is 2.17 bits per heavy atom. The van der Waals surface area contributed by atoms with Crippen molar-refractivity contribution in [2.75, 3.05) is 12.4 Å². The third-order valence-electron chi connectivity index (χ3n) is 3.00. The van der Waals surface area contributed by atoms with Gasteiger partial charge in [-0.05, 0) is 19.1 Å². The van der Waals surface area contributed by atoms with Gasteiger partial charge >= 0.3 is 11.9 Å². The molecule has 2 N–H and O–H groups in total. The number of anilines is 1. The monoisotopic (exact) mass is 337 g/mol. The van der Waals surface area contributed by atoms with E-state index in [4.69, 9.17) is 5.11 Å². The highest BCUT2D eigenvalue weighted by Gasteiger charge is 2.18. The van der Waals surface area contributed by atoms with E-state index in [1.54, 1.807) is 6.07 Å². The third-order valence-corrected chi connectivity index (χ3v) is 3.97. The van der Waals surface area contributed by atoms with E-state index < -0.39 is 11.9 Å². The number of amides is 1. The highest BCUT2D eigenvalue weighted by atomic mass is 32.1. The predicted octanol–water partition coefficient (Wildman–Crippen LogP) is 1.77. The molecule has 0 bridgehead atoms. The minimum absolute atomic E-state index is 0.0139. The van der Waals surface area contributed by atoms with Crippen LogP contribution in [0.1, 0.15) is 32.1 Å². The predicted molar refractivity (Wildman–Crippen MR) is 82.8 cm³/mol. The number of thiophene rings is 1. The molecule has 2 rings (SSSR count). The first-order valence-corrected chi connectivity index (χ1v) is 7.47. The van der Waals surface area contributed by atoms with E-state index in [0.717, 1.165) is 4.88 Å². The molecule has 8 nitrogen and oxygen atoms in total. The standard InChI is InChI=1S/C14H15N3O5S/c1-8-7-9(14(21)22-2)12(23-8)16-11(18)4-6-17-10(13(19)20)3-5-15-17/h3,5,7H,4,6H2,1-2H3,(H,16,18)(H,19,20). The Kier molecular flexibility index (Phi) is 5.12. The summed E-state index contributed by atoms with van der Waals surface area (Å²) >= 11 is 1.27. The topological polar surface area (TPSA) is 111 Å². The van der Waals surface area contributed by atoms with Crippen molar-refractivity contribution < 1.29 is 24.2 Å². The van der Waals surface area contributed by atoms with Gasteiger partial charge in [0.1, 0.15) is 10.7 Å². The number of hydrogen-bond acceptors (Lipinski definition) is 6. The average molecular weight is 337 g/mol. The van der Waals surface area contributed by atoms with Gasteiger partial charge in [-0.1, -0.05) is 0 Å². The van der Waals surface area contributed by atoms with E-state index in [1.807, 2.05) is 6.92 Å². The van der Waals surface area contributed by atoms with Crippen LogP contribution < -0.4 is 5.32 Å². The van der Waals surface area contributed by atoms with Crippen LogP contribution in [0.25, 0.3) is 0 Å². The number of carboxylic acids is 1. The number of aromatic carboxylic acids is 1. The van der Waals surface area contributed by atoms with Crippen LogP contribution in [-0.4, -0.2) is 39.8 Å². The molecule has 0 spiro atoms. The lowest BCUT2D eigenvalue weighted by molar-refractivity contribution is -0.116. The Balaban J connectivity index is 2.02. The summed E-state index contributed by atoms with van der Waals surface area (Å²) in [7, 11) is 1.27. The molecule has 0 atom stereocenters. The molecule has 0 saturated carbocycles. The molecule has 9 heteroatoms. The number of hydrogen-bond donors (Lipinski definition) is 2. The van der Waals surface area contributed by atoms with Crippen molar-refractivity contribution in [1.29, 1.82) is 0 Å². The number of nitrogens with zero attached hydrogens (tertiary/aromatic N) is 2. The van der Waals surface area contributed by atoms with Crippen molar-refractivity contribution in [3.8, 4) is 0 Å². The van der Waals surface area contributed by atoms with Crippen LogP contribution in [0.3, 0.4) is 0 Å². The fraction of sp³-hybridized carbons (Fsp3) is 0.286. The smallest absolute Gasteiger partial charge is 0.354 e. The summed E-state index contributed by atoms with van der Waals surface area (Å²) < 4.78 is 5.91. The molecule has 122 valence electrons. The Morgan fingerprint density at radius 1 is 1.43 bits per heavy atom. The van der Waals surface area contributed by atoms with Crippen molar-refractivity contribution >= 4 is 34.2 Å². The van der Waals surface area contributed by atoms with Gasteiger partial charge < -0.3 is 15.2 Å². The number of ether oxygens (including phenoxy) is 1. The Labute approximate surface area is 135 Å². The molecular weight excluding hydrogens is 322 g/mol. The quantitative estimate of drug-likeness (QED) is 0.777. The highest BCUT2D eigenvalue weighted by molar-refractivity contribution is 7.16. The van der Waals surface area contributed by atoms with Crippen molar-refractivity contribution in [2.24, 2.45) is 0 Å². The van der Waals surface area contributed by atoms with Gasteiger partial charge in [-0.25, -0.2) is 9.59 Å². The fourth-order valence-electron chi connectivity index (χ4n) is 1.96. The molecular formula is C14H15N3O5S. The van der Waals surface area contributed by atoms with Crippen molar-refractivity contribution in [1.82, 2.24) is 9.78 Å². The number of carboxylic acid groups (broad SMARTS) is 1. The minimum Gasteiger partial charge on any atom is -0.477 e. The third kappa shape index (κ3) is 3.95. The number of carbonyl (C=O) groups is 3. The van der Waals surface area contributed by atoms with Gasteiger partial charge in [0.05, 0.1) is 19.2 Å². The lowest BCUT2D eigenvalue weighted by Gasteiger charge is -2.06. The lowest BCUT2D eigenvalue weighted by Crippen LogP contribution is -2.18. The number of carbonyl (C=O) groups excluding carboxylic acids is 2. The zero-order chi connectivity index (χ0) is 17.0. The van der Waals surface area contributed by atoms with Crippen LogP contribution in [0.15, 0.2) is 18.3 Å². The van der Waals surface area contributed by atoms with Gasteiger partial charge in [0.15, 0.2) is 0 Å². The van der Waals surface area contributed by atoms with Crippen LogP contribution in [0.4, 0.5) is 5.00 Å². The number of aryl methyl sites for hydroxylation is 2. The molecule has 0 radical (unpaired) electrons. The summed E-state index contributed by atoms with van der Waals surface area (Å²) in [6, 6.07) is 3.00. The van der Waals surface area contributed by atoms with Gasteiger partial charge in [0.2, 0.25) is 5.91 Å². The summed E-state index contributed by atoms with van der Waals surface area (Å²) in [6.45, 7) is 1.94. The molecule has 23 heavy (non-hydrogen) atoms. The summed E-state index contributed by atoms with van der Waals surface area (Å²) in [5, 5.41) is 15.9. The van der Waals surface area contributed by atoms with E-state index >= 15 is 0 Å². The summed E-state index contributed by atoms with van der Waals surface area (Å²) in [6.07, 6.45) is 1.39. The van der Waals surface area contributed by atoms with Gasteiger partial charge in [0.25, 0.3) is 0 Å². The van der Waals surface area contributed by atoms with Gasteiger partial charge in [-0.15, -0.1) is 11.3 Å². The maximum Gasteiger partial charge on any atom is 0.354 e. The number of rotatable bonds is 6. The van der Waals surface area contributed by atoms with E-state index in [2.05, 4.69) is 15.2 Å². The van der Waals surface area contributed by atoms with Crippen molar-refractivity contribution in [3.63, 3.8) is 0 Å². The van der Waals surface area contributed by atoms with E-state index in [0.29, 0.717) is 10.6 Å². The zero-order valence-electron chi connectivity index (χ0n) is 12.5. The maximum absolute atomic E-state index is 12.0. The number of esters is 1. The molecule has 2 heterocycles. The highest BCUT2D eigenvalue weighted by Crippen LogP contribution is 2.28. The molecule has 0 saturated heterocycles. The van der Waals surface area contributed by atoms with Gasteiger partial charge in [0, 0.05) is 17.5 Å². The number of methoxy groups -OCH3 is 1. The summed E-state index contributed by atoms with van der Waals surface area (Å²) in [5.74, 6) is -1.97. The zero-order valence-corrected chi connectivity index (χ0v) is 13.3. The number of aromatic nitrogens is 2. The molecule has 0 aromatic carbocycles. The SMILES string of the molecule is COC(=O)c1cc(C)sc1NC(=O)CCn1nccc1C(=O)O. The molecule has 0 aliphatic carbocycles. The fourth-order valence-corrected chi connectivity index (χ4v) is 2.87. The van der Waals surface area contributed by atoms with Crippen molar-refractivity contribution in [2.45, 2.75) is 19.9 Å². The van der Waals surface area contributed by atoms with Gasteiger partial charge in [-0.2, -0.15) is 5.10 Å². The normalized spacial score (nSPS) is 10.3. The molecule has 0 aliphatic rings. The van der Waals surface area contributed by atoms with Crippen LogP contribution in [0, 0.1) is 6.92 Å². The second-order valence-corrected chi connectivity index (χ2v) is 5.89. The van der Waals surface area contributed by atoms with Crippen LogP contribution >= 0.6 is 11.3 Å². The van der Waals surface area contributed by atoms with Crippen molar-refractivity contribution in [3.05, 3.63) is 34.5 Å². The molecule has 2 aromatic heterocycles. The number of nitrogens with one attached hydrogen (secondary N) is 1. The molecule has 1 amide bonds. The van der Waals surface area contributed by atoms with Crippen LogP contribution in [-0.2, 0) is 16.1 Å². The van der Waals surface area contributed by atoms with E-state index in [1.165, 1.54) is 35.4 Å². The molecule has 0 unspecified atom stereocenters. The summed E-state index contributed by atoms with van der Waals surface area (Å²) in [5.41, 5.74) is 0.314. The van der Waals surface area contributed by atoms with E-state index in [-0.39, 0.29) is 24.6 Å². The minimum atomic E-state index is -1.11. The summed E-state index contributed by atoms with van der Waals surface area (Å²) in [4.78, 5) is 35.5. The molecule has 2 aromatic rings. The lowest BCUT2D eigenvalue weighted by atomic mass is 10.3. The van der Waals surface area contributed by atoms with Crippen LogP contribution in [0.5, 0.6) is 0 Å². The van der Waals surface area contributed by atoms with Gasteiger partial charge in [-0.3, -0.25) is 9.48 Å². The first-order chi connectivity index (χ1) is 10.9.